The Bertz CT molecular complexity index is 849. The van der Waals surface area contributed by atoms with E-state index in [1.807, 2.05) is 23.6 Å². The highest BCUT2D eigenvalue weighted by Crippen LogP contribution is 2.25. The maximum absolute atomic E-state index is 12.2. The Morgan fingerprint density at radius 1 is 1.12 bits per heavy atom. The number of hydrogen-bond donors (Lipinski definition) is 1. The van der Waals surface area contributed by atoms with Gasteiger partial charge in [0.05, 0.1) is 27.8 Å². The summed E-state index contributed by atoms with van der Waals surface area (Å²) in [7, 11) is 0. The first-order chi connectivity index (χ1) is 11.6. The van der Waals surface area contributed by atoms with Crippen LogP contribution in [0.25, 0.3) is 0 Å². The van der Waals surface area contributed by atoms with Crippen LogP contribution in [0.1, 0.15) is 16.3 Å². The lowest BCUT2D eigenvalue weighted by molar-refractivity contribution is -0.115. The molecule has 24 heavy (non-hydrogen) atoms. The monoisotopic (exact) mass is 376 g/mol. The van der Waals surface area contributed by atoms with Crippen molar-refractivity contribution in [2.75, 3.05) is 5.32 Å². The molecular weight excluding hydrogens is 363 g/mol. The van der Waals surface area contributed by atoms with Crippen molar-refractivity contribution in [3.63, 3.8) is 0 Å². The zero-order valence-electron chi connectivity index (χ0n) is 12.6. The standard InChI is InChI=1S/C18H14Cl2N2OS/c19-13-6-7-15(20)16(9-13)22-17(23)10-14-11-24-18(21-14)8-12-4-2-1-3-5-12/h1-7,9,11H,8,10H2,(H,22,23). The van der Waals surface area contributed by atoms with Crippen molar-refractivity contribution in [1.82, 2.24) is 4.98 Å². The second-order valence-electron chi connectivity index (χ2n) is 5.24. The first-order valence-corrected chi connectivity index (χ1v) is 8.96. The Morgan fingerprint density at radius 3 is 2.71 bits per heavy atom. The van der Waals surface area contributed by atoms with Gasteiger partial charge in [-0.15, -0.1) is 11.3 Å². The van der Waals surface area contributed by atoms with E-state index in [2.05, 4.69) is 22.4 Å². The first-order valence-electron chi connectivity index (χ1n) is 7.32. The fraction of sp³-hybridized carbons (Fsp3) is 0.111. The molecule has 1 heterocycles. The van der Waals surface area contributed by atoms with Gasteiger partial charge in [-0.2, -0.15) is 0 Å². The van der Waals surface area contributed by atoms with E-state index in [9.17, 15) is 4.79 Å². The van der Waals surface area contributed by atoms with Crippen LogP contribution in [0.5, 0.6) is 0 Å². The third-order valence-corrected chi connectivity index (χ3v) is 4.80. The topological polar surface area (TPSA) is 42.0 Å². The smallest absolute Gasteiger partial charge is 0.230 e. The minimum absolute atomic E-state index is 0.171. The lowest BCUT2D eigenvalue weighted by Gasteiger charge is -2.06. The molecule has 3 nitrogen and oxygen atoms in total. The lowest BCUT2D eigenvalue weighted by Crippen LogP contribution is -2.15. The number of nitrogens with one attached hydrogen (secondary N) is 1. The molecule has 0 aliphatic heterocycles. The lowest BCUT2D eigenvalue weighted by atomic mass is 10.2. The number of thiazole rings is 1. The molecule has 0 unspecified atom stereocenters. The third-order valence-electron chi connectivity index (χ3n) is 3.34. The van der Waals surface area contributed by atoms with Crippen LogP contribution in [-0.4, -0.2) is 10.9 Å². The number of hydrogen-bond acceptors (Lipinski definition) is 3. The maximum Gasteiger partial charge on any atom is 0.230 e. The van der Waals surface area contributed by atoms with Crippen molar-refractivity contribution >= 4 is 46.1 Å². The molecule has 1 amide bonds. The quantitative estimate of drug-likeness (QED) is 0.662. The summed E-state index contributed by atoms with van der Waals surface area (Å²) in [5, 5.41) is 6.65. The number of benzene rings is 2. The number of carbonyl (C=O) groups is 1. The highest BCUT2D eigenvalue weighted by atomic mass is 35.5. The summed E-state index contributed by atoms with van der Waals surface area (Å²) in [6, 6.07) is 15.1. The van der Waals surface area contributed by atoms with Crippen LogP contribution in [0, 0.1) is 0 Å². The molecule has 3 rings (SSSR count). The summed E-state index contributed by atoms with van der Waals surface area (Å²) in [4.78, 5) is 16.7. The number of nitrogens with zero attached hydrogens (tertiary/aromatic N) is 1. The van der Waals surface area contributed by atoms with Crippen LogP contribution in [0.4, 0.5) is 5.69 Å². The molecule has 122 valence electrons. The second-order valence-corrected chi connectivity index (χ2v) is 7.03. The average molecular weight is 377 g/mol. The van der Waals surface area contributed by atoms with Crippen molar-refractivity contribution < 1.29 is 4.79 Å². The van der Waals surface area contributed by atoms with E-state index in [1.54, 1.807) is 29.5 Å². The summed E-state index contributed by atoms with van der Waals surface area (Å²) >= 11 is 13.5. The molecule has 0 aliphatic carbocycles. The summed E-state index contributed by atoms with van der Waals surface area (Å²) in [6.07, 6.45) is 0.974. The SMILES string of the molecule is O=C(Cc1csc(Cc2ccccc2)n1)Nc1cc(Cl)ccc1Cl. The van der Waals surface area contributed by atoms with E-state index in [1.165, 1.54) is 5.56 Å². The highest BCUT2D eigenvalue weighted by molar-refractivity contribution is 7.09. The normalized spacial score (nSPS) is 10.6. The Labute approximate surface area is 154 Å². The molecule has 1 N–H and O–H groups in total. The Hall–Kier alpha value is -1.88. The third kappa shape index (κ3) is 4.57. The Balaban J connectivity index is 1.62. The van der Waals surface area contributed by atoms with Crippen molar-refractivity contribution in [3.8, 4) is 0 Å². The zero-order valence-corrected chi connectivity index (χ0v) is 15.0. The van der Waals surface area contributed by atoms with Gasteiger partial charge in [0.25, 0.3) is 0 Å². The average Bonchev–Trinajstić information content (AvgIpc) is 2.98. The van der Waals surface area contributed by atoms with Gasteiger partial charge in [-0.1, -0.05) is 53.5 Å². The number of anilines is 1. The fourth-order valence-corrected chi connectivity index (χ4v) is 3.40. The predicted molar refractivity (Wildman–Crippen MR) is 100 cm³/mol. The summed E-state index contributed by atoms with van der Waals surface area (Å²) in [6.45, 7) is 0. The van der Waals surface area contributed by atoms with Crippen molar-refractivity contribution in [2.45, 2.75) is 12.8 Å². The van der Waals surface area contributed by atoms with Crippen LogP contribution >= 0.6 is 34.5 Å². The minimum atomic E-state index is -0.171. The van der Waals surface area contributed by atoms with Crippen LogP contribution in [0.3, 0.4) is 0 Å². The van der Waals surface area contributed by atoms with Crippen molar-refractivity contribution in [2.24, 2.45) is 0 Å². The van der Waals surface area contributed by atoms with Crippen molar-refractivity contribution in [3.05, 3.63) is 80.2 Å². The molecule has 0 fully saturated rings. The van der Waals surface area contributed by atoms with E-state index in [4.69, 9.17) is 23.2 Å². The number of amides is 1. The van der Waals surface area contributed by atoms with Crippen LogP contribution in [0.15, 0.2) is 53.9 Å². The number of halogens is 2. The molecule has 0 atom stereocenters. The largest absolute Gasteiger partial charge is 0.324 e. The van der Waals surface area contributed by atoms with Gasteiger partial charge in [-0.05, 0) is 23.8 Å². The van der Waals surface area contributed by atoms with Crippen molar-refractivity contribution in [1.29, 1.82) is 0 Å². The summed E-state index contributed by atoms with van der Waals surface area (Å²) in [5.74, 6) is -0.171. The Kier molecular flexibility index (Phi) is 5.51. The number of carbonyl (C=O) groups excluding carboxylic acids is 1. The molecule has 0 aliphatic rings. The summed E-state index contributed by atoms with van der Waals surface area (Å²) in [5.41, 5.74) is 2.46. The first kappa shape index (κ1) is 17.0. The van der Waals surface area contributed by atoms with Gasteiger partial charge in [0.2, 0.25) is 5.91 Å². The molecule has 0 saturated heterocycles. The molecule has 0 radical (unpaired) electrons. The maximum atomic E-state index is 12.2. The second kappa shape index (κ2) is 7.79. The molecule has 6 heteroatoms. The van der Waals surface area contributed by atoms with Gasteiger partial charge >= 0.3 is 0 Å². The van der Waals surface area contributed by atoms with E-state index >= 15 is 0 Å². The molecule has 0 spiro atoms. The molecule has 3 aromatic rings. The van der Waals surface area contributed by atoms with Gasteiger partial charge < -0.3 is 5.32 Å². The van der Waals surface area contributed by atoms with Crippen LogP contribution < -0.4 is 5.32 Å². The van der Waals surface area contributed by atoms with Crippen LogP contribution in [0.2, 0.25) is 10.0 Å². The highest BCUT2D eigenvalue weighted by Gasteiger charge is 2.10. The van der Waals surface area contributed by atoms with E-state index in [0.29, 0.717) is 15.7 Å². The summed E-state index contributed by atoms with van der Waals surface area (Å²) < 4.78 is 0. The molecule has 0 bridgehead atoms. The van der Waals surface area contributed by atoms with E-state index in [0.717, 1.165) is 17.1 Å². The fourth-order valence-electron chi connectivity index (χ4n) is 2.23. The van der Waals surface area contributed by atoms with Gasteiger partial charge in [-0.25, -0.2) is 4.98 Å². The zero-order chi connectivity index (χ0) is 16.9. The van der Waals surface area contributed by atoms with Gasteiger partial charge in [0.1, 0.15) is 0 Å². The molecular formula is C18H14Cl2N2OS. The minimum Gasteiger partial charge on any atom is -0.324 e. The van der Waals surface area contributed by atoms with E-state index < -0.39 is 0 Å². The Morgan fingerprint density at radius 2 is 1.92 bits per heavy atom. The van der Waals surface area contributed by atoms with Gasteiger partial charge in [0.15, 0.2) is 0 Å². The molecule has 2 aromatic carbocycles. The number of aromatic nitrogens is 1. The van der Waals surface area contributed by atoms with Crippen LogP contribution in [-0.2, 0) is 17.6 Å². The number of rotatable bonds is 5. The molecule has 1 aromatic heterocycles. The van der Waals surface area contributed by atoms with E-state index in [-0.39, 0.29) is 12.3 Å². The molecule has 0 saturated carbocycles. The van der Waals surface area contributed by atoms with Gasteiger partial charge in [0, 0.05) is 16.8 Å². The predicted octanol–water partition coefficient (Wildman–Crippen LogP) is 5.22. The van der Waals surface area contributed by atoms with Gasteiger partial charge in [-0.3, -0.25) is 4.79 Å².